The molecule has 0 unspecified atom stereocenters. The van der Waals surface area contributed by atoms with Crippen molar-refractivity contribution in [2.75, 3.05) is 12.4 Å². The number of rotatable bonds is 5. The van der Waals surface area contributed by atoms with E-state index in [4.69, 9.17) is 16.3 Å². The molecule has 0 heterocycles. The van der Waals surface area contributed by atoms with Gasteiger partial charge in [-0.1, -0.05) is 17.7 Å². The second kappa shape index (κ2) is 7.56. The number of nitro benzene ring substituents is 1. The van der Waals surface area contributed by atoms with Crippen molar-refractivity contribution in [2.45, 2.75) is 0 Å². The minimum Gasteiger partial charge on any atom is -0.495 e. The molecule has 124 valence electrons. The monoisotopic (exact) mass is 350 g/mol. The lowest BCUT2D eigenvalue weighted by Gasteiger charge is -2.08. The van der Waals surface area contributed by atoms with Crippen molar-refractivity contribution < 1.29 is 18.8 Å². The number of nitrogens with zero attached hydrogens (tertiary/aromatic N) is 1. The molecule has 24 heavy (non-hydrogen) atoms. The maximum atomic E-state index is 13.6. The second-order valence-electron chi connectivity index (χ2n) is 4.60. The van der Waals surface area contributed by atoms with E-state index < -0.39 is 16.6 Å². The van der Waals surface area contributed by atoms with Crippen LogP contribution in [0, 0.1) is 15.9 Å². The number of nitrogens with one attached hydrogen (secondary N) is 1. The van der Waals surface area contributed by atoms with Gasteiger partial charge in [0.1, 0.15) is 11.6 Å². The summed E-state index contributed by atoms with van der Waals surface area (Å²) in [4.78, 5) is 22.2. The fourth-order valence-electron chi connectivity index (χ4n) is 1.91. The van der Waals surface area contributed by atoms with Crippen molar-refractivity contribution in [1.82, 2.24) is 0 Å². The highest BCUT2D eigenvalue weighted by Gasteiger charge is 2.13. The van der Waals surface area contributed by atoms with E-state index in [0.717, 1.165) is 6.08 Å². The third kappa shape index (κ3) is 4.08. The summed E-state index contributed by atoms with van der Waals surface area (Å²) < 4.78 is 18.7. The average Bonchev–Trinajstić information content (AvgIpc) is 2.54. The molecule has 2 aromatic carbocycles. The van der Waals surface area contributed by atoms with Crippen molar-refractivity contribution in [3.8, 4) is 5.75 Å². The number of benzene rings is 2. The standard InChI is InChI=1S/C16H12ClFN2O4/c1-24-15-7-5-10(20(22)23)9-14(15)19-16(21)8-6-11-12(17)3-2-4-13(11)18/h2-9H,1H3,(H,19,21). The molecule has 1 N–H and O–H groups in total. The minimum absolute atomic E-state index is 0.0697. The van der Waals surface area contributed by atoms with Crippen molar-refractivity contribution in [3.05, 3.63) is 69.0 Å². The lowest BCUT2D eigenvalue weighted by molar-refractivity contribution is -0.384. The molecule has 0 spiro atoms. The second-order valence-corrected chi connectivity index (χ2v) is 5.01. The fraction of sp³-hybridized carbons (Fsp3) is 0.0625. The molecule has 0 aromatic heterocycles. The molecule has 0 aliphatic rings. The van der Waals surface area contributed by atoms with E-state index in [1.807, 2.05) is 0 Å². The Morgan fingerprint density at radius 2 is 2.12 bits per heavy atom. The number of non-ortho nitro benzene ring substituents is 1. The molecule has 0 radical (unpaired) electrons. The molecule has 2 rings (SSSR count). The summed E-state index contributed by atoms with van der Waals surface area (Å²) in [7, 11) is 1.37. The SMILES string of the molecule is COc1ccc([N+](=O)[O-])cc1NC(=O)C=Cc1c(F)cccc1Cl. The molecular formula is C16H12ClFN2O4. The first-order valence-corrected chi connectivity index (χ1v) is 7.05. The Balaban J connectivity index is 2.22. The lowest BCUT2D eigenvalue weighted by Crippen LogP contribution is -2.09. The molecule has 0 aliphatic heterocycles. The van der Waals surface area contributed by atoms with Crippen LogP contribution in [-0.4, -0.2) is 17.9 Å². The fourth-order valence-corrected chi connectivity index (χ4v) is 2.14. The highest BCUT2D eigenvalue weighted by Crippen LogP contribution is 2.29. The number of amides is 1. The van der Waals surface area contributed by atoms with Gasteiger partial charge in [0, 0.05) is 23.8 Å². The van der Waals surface area contributed by atoms with Crippen molar-refractivity contribution in [1.29, 1.82) is 0 Å². The molecule has 0 saturated heterocycles. The van der Waals surface area contributed by atoms with E-state index >= 15 is 0 Å². The zero-order valence-corrected chi connectivity index (χ0v) is 13.2. The summed E-state index contributed by atoms with van der Waals surface area (Å²) in [6, 6.07) is 7.94. The molecule has 0 atom stereocenters. The van der Waals surface area contributed by atoms with E-state index in [1.54, 1.807) is 0 Å². The predicted octanol–water partition coefficient (Wildman–Crippen LogP) is 4.05. The lowest BCUT2D eigenvalue weighted by atomic mass is 10.2. The van der Waals surface area contributed by atoms with Crippen LogP contribution < -0.4 is 10.1 Å². The molecule has 6 nitrogen and oxygen atoms in total. The van der Waals surface area contributed by atoms with Gasteiger partial charge in [-0.25, -0.2) is 4.39 Å². The maximum absolute atomic E-state index is 13.6. The van der Waals surface area contributed by atoms with Gasteiger partial charge in [-0.15, -0.1) is 0 Å². The van der Waals surface area contributed by atoms with Crippen LogP contribution in [0.15, 0.2) is 42.5 Å². The first kappa shape index (κ1) is 17.4. The smallest absolute Gasteiger partial charge is 0.271 e. The molecule has 0 saturated carbocycles. The van der Waals surface area contributed by atoms with Gasteiger partial charge in [0.05, 0.1) is 22.7 Å². The van der Waals surface area contributed by atoms with Crippen LogP contribution >= 0.6 is 11.6 Å². The highest BCUT2D eigenvalue weighted by atomic mass is 35.5. The van der Waals surface area contributed by atoms with Gasteiger partial charge < -0.3 is 10.1 Å². The summed E-state index contributed by atoms with van der Waals surface area (Å²) in [5.41, 5.74) is -0.00599. The van der Waals surface area contributed by atoms with Crippen LogP contribution in [0.2, 0.25) is 5.02 Å². The summed E-state index contributed by atoms with van der Waals surface area (Å²) in [5, 5.41) is 13.4. The van der Waals surface area contributed by atoms with E-state index in [-0.39, 0.29) is 27.7 Å². The summed E-state index contributed by atoms with van der Waals surface area (Å²) >= 11 is 5.86. The summed E-state index contributed by atoms with van der Waals surface area (Å²) in [5.74, 6) is -0.932. The molecule has 8 heteroatoms. The van der Waals surface area contributed by atoms with Crippen LogP contribution in [0.25, 0.3) is 6.08 Å². The Morgan fingerprint density at radius 3 is 2.75 bits per heavy atom. The van der Waals surface area contributed by atoms with E-state index in [9.17, 15) is 19.3 Å². The number of halogens is 2. The van der Waals surface area contributed by atoms with Crippen LogP contribution in [0.5, 0.6) is 5.75 Å². The van der Waals surface area contributed by atoms with Gasteiger partial charge in [0.25, 0.3) is 5.69 Å². The van der Waals surface area contributed by atoms with Gasteiger partial charge in [-0.3, -0.25) is 14.9 Å². The summed E-state index contributed by atoms with van der Waals surface area (Å²) in [6.07, 6.45) is 2.29. The first-order valence-electron chi connectivity index (χ1n) is 6.68. The number of carbonyl (C=O) groups is 1. The number of hydrogen-bond donors (Lipinski definition) is 1. The van der Waals surface area contributed by atoms with E-state index in [0.29, 0.717) is 0 Å². The number of ether oxygens (including phenoxy) is 1. The third-order valence-corrected chi connectivity index (χ3v) is 3.38. The molecule has 2 aromatic rings. The normalized spacial score (nSPS) is 10.6. The number of hydrogen-bond acceptors (Lipinski definition) is 4. The minimum atomic E-state index is -0.617. The van der Waals surface area contributed by atoms with Gasteiger partial charge >= 0.3 is 0 Å². The van der Waals surface area contributed by atoms with Gasteiger partial charge in [-0.05, 0) is 24.3 Å². The van der Waals surface area contributed by atoms with E-state index in [2.05, 4.69) is 5.32 Å². The third-order valence-electron chi connectivity index (χ3n) is 3.05. The molecule has 0 aliphatic carbocycles. The maximum Gasteiger partial charge on any atom is 0.271 e. The summed E-state index contributed by atoms with van der Waals surface area (Å²) in [6.45, 7) is 0. The Bertz CT molecular complexity index is 803. The van der Waals surface area contributed by atoms with Crippen LogP contribution in [-0.2, 0) is 4.79 Å². The topological polar surface area (TPSA) is 81.5 Å². The van der Waals surface area contributed by atoms with Crippen molar-refractivity contribution in [2.24, 2.45) is 0 Å². The Hall–Kier alpha value is -2.93. The number of methoxy groups -OCH3 is 1. The van der Waals surface area contributed by atoms with Crippen LogP contribution in [0.4, 0.5) is 15.8 Å². The van der Waals surface area contributed by atoms with Crippen LogP contribution in [0.3, 0.4) is 0 Å². The molecule has 1 amide bonds. The van der Waals surface area contributed by atoms with Gasteiger partial charge in [-0.2, -0.15) is 0 Å². The van der Waals surface area contributed by atoms with Gasteiger partial charge in [0.2, 0.25) is 5.91 Å². The average molecular weight is 351 g/mol. The van der Waals surface area contributed by atoms with Gasteiger partial charge in [0.15, 0.2) is 0 Å². The Kier molecular flexibility index (Phi) is 5.49. The molecule has 0 fully saturated rings. The molecular weight excluding hydrogens is 339 g/mol. The zero-order chi connectivity index (χ0) is 17.7. The largest absolute Gasteiger partial charge is 0.495 e. The number of carbonyl (C=O) groups excluding carboxylic acids is 1. The highest BCUT2D eigenvalue weighted by molar-refractivity contribution is 6.32. The van der Waals surface area contributed by atoms with E-state index in [1.165, 1.54) is 49.6 Å². The predicted molar refractivity (Wildman–Crippen MR) is 88.7 cm³/mol. The quantitative estimate of drug-likeness (QED) is 0.501. The molecule has 0 bridgehead atoms. The number of nitro groups is 1. The van der Waals surface area contributed by atoms with Crippen molar-refractivity contribution >= 4 is 35.0 Å². The van der Waals surface area contributed by atoms with Crippen molar-refractivity contribution in [3.63, 3.8) is 0 Å². The Morgan fingerprint density at radius 1 is 1.38 bits per heavy atom. The zero-order valence-electron chi connectivity index (χ0n) is 12.5. The Labute approximate surface area is 141 Å². The first-order chi connectivity index (χ1) is 11.4. The number of anilines is 1. The van der Waals surface area contributed by atoms with Crippen LogP contribution in [0.1, 0.15) is 5.56 Å².